The number of aliphatic hydroxyl groups excluding tert-OH is 1. The molecule has 0 fully saturated rings. The zero-order valence-corrected chi connectivity index (χ0v) is 10.6. The molecule has 0 radical (unpaired) electrons. The third-order valence-corrected chi connectivity index (χ3v) is 3.54. The first-order valence-corrected chi connectivity index (χ1v) is 6.50. The molecule has 0 saturated heterocycles. The topological polar surface area (TPSA) is 55.9 Å². The quantitative estimate of drug-likeness (QED) is 0.893. The molecule has 2 aromatic heterocycles. The van der Waals surface area contributed by atoms with Crippen molar-refractivity contribution in [1.29, 1.82) is 0 Å². The van der Waals surface area contributed by atoms with E-state index < -0.39 is 6.10 Å². The number of fused-ring (bicyclic) bond motifs is 1. The highest BCUT2D eigenvalue weighted by Crippen LogP contribution is 2.18. The highest BCUT2D eigenvalue weighted by atomic mass is 16.3. The van der Waals surface area contributed by atoms with Gasteiger partial charge in [-0.2, -0.15) is 0 Å². The fourth-order valence-electron chi connectivity index (χ4n) is 2.59. The van der Waals surface area contributed by atoms with Crippen LogP contribution in [0.1, 0.15) is 43.2 Å². The average molecular weight is 246 g/mol. The van der Waals surface area contributed by atoms with Crippen molar-refractivity contribution in [3.8, 4) is 0 Å². The zero-order chi connectivity index (χ0) is 12.5. The molecule has 1 N–H and O–H groups in total. The molecule has 96 valence electrons. The number of aryl methyl sites for hydroxylation is 1. The molecule has 0 aromatic carbocycles. The molecule has 5 nitrogen and oxygen atoms in total. The molecule has 1 atom stereocenters. The van der Waals surface area contributed by atoms with Crippen molar-refractivity contribution in [3.63, 3.8) is 0 Å². The Kier molecular flexibility index (Phi) is 2.91. The minimum Gasteiger partial charge on any atom is -0.387 e. The Hall–Kier alpha value is -1.62. The van der Waals surface area contributed by atoms with E-state index in [1.807, 2.05) is 22.9 Å². The van der Waals surface area contributed by atoms with Crippen LogP contribution in [0.4, 0.5) is 0 Å². The lowest BCUT2D eigenvalue weighted by atomic mass is 10.2. The normalized spacial score (nSPS) is 16.6. The second kappa shape index (κ2) is 4.57. The van der Waals surface area contributed by atoms with Gasteiger partial charge in [-0.1, -0.05) is 0 Å². The Morgan fingerprint density at radius 3 is 3.11 bits per heavy atom. The summed E-state index contributed by atoms with van der Waals surface area (Å²) in [5.41, 5.74) is 0.920. The maximum Gasteiger partial charge on any atom is 0.153 e. The summed E-state index contributed by atoms with van der Waals surface area (Å²) in [4.78, 5) is 0. The summed E-state index contributed by atoms with van der Waals surface area (Å²) in [6, 6.07) is 3.90. The van der Waals surface area contributed by atoms with Crippen molar-refractivity contribution >= 4 is 0 Å². The summed E-state index contributed by atoms with van der Waals surface area (Å²) in [6.45, 7) is 3.48. The number of hydrogen-bond donors (Lipinski definition) is 1. The van der Waals surface area contributed by atoms with Crippen LogP contribution in [0.5, 0.6) is 0 Å². The van der Waals surface area contributed by atoms with E-state index in [9.17, 15) is 5.11 Å². The molecule has 3 rings (SSSR count). The molecule has 0 saturated carbocycles. The van der Waals surface area contributed by atoms with Crippen LogP contribution in [0, 0.1) is 0 Å². The van der Waals surface area contributed by atoms with E-state index in [2.05, 4.69) is 14.8 Å². The summed E-state index contributed by atoms with van der Waals surface area (Å²) >= 11 is 0. The monoisotopic (exact) mass is 246 g/mol. The molecule has 1 unspecified atom stereocenters. The molecule has 1 aliphatic rings. The van der Waals surface area contributed by atoms with Crippen LogP contribution in [-0.2, 0) is 19.5 Å². The van der Waals surface area contributed by atoms with Gasteiger partial charge in [0.1, 0.15) is 5.82 Å². The fraction of sp³-hybridized carbons (Fsp3) is 0.538. The predicted molar refractivity (Wildman–Crippen MR) is 67.1 cm³/mol. The Balaban J connectivity index is 1.88. The average Bonchev–Trinajstić information content (AvgIpc) is 2.97. The number of nitrogens with zero attached hydrogens (tertiary/aromatic N) is 4. The van der Waals surface area contributed by atoms with Crippen LogP contribution in [-0.4, -0.2) is 24.4 Å². The second-order valence-electron chi connectivity index (χ2n) is 4.88. The van der Waals surface area contributed by atoms with Gasteiger partial charge in [0.25, 0.3) is 0 Å². The van der Waals surface area contributed by atoms with Crippen LogP contribution in [0.3, 0.4) is 0 Å². The van der Waals surface area contributed by atoms with Crippen molar-refractivity contribution in [2.24, 2.45) is 0 Å². The van der Waals surface area contributed by atoms with E-state index in [1.165, 1.54) is 12.8 Å². The van der Waals surface area contributed by atoms with Crippen LogP contribution < -0.4 is 0 Å². The number of rotatable bonds is 3. The summed E-state index contributed by atoms with van der Waals surface area (Å²) in [6.07, 6.45) is 4.96. The summed E-state index contributed by atoms with van der Waals surface area (Å²) in [5, 5.41) is 18.2. The predicted octanol–water partition coefficient (Wildman–Crippen LogP) is 1.52. The minimum atomic E-state index is -0.455. The first kappa shape index (κ1) is 11.5. The molecule has 0 spiro atoms. The zero-order valence-electron chi connectivity index (χ0n) is 10.6. The highest BCUT2D eigenvalue weighted by molar-refractivity contribution is 5.11. The van der Waals surface area contributed by atoms with Crippen molar-refractivity contribution in [2.75, 3.05) is 0 Å². The van der Waals surface area contributed by atoms with Crippen LogP contribution in [0.2, 0.25) is 0 Å². The number of aliphatic hydroxyl groups is 1. The van der Waals surface area contributed by atoms with Crippen molar-refractivity contribution < 1.29 is 5.11 Å². The molecule has 18 heavy (non-hydrogen) atoms. The smallest absolute Gasteiger partial charge is 0.153 e. The van der Waals surface area contributed by atoms with Crippen molar-refractivity contribution in [1.82, 2.24) is 19.3 Å². The third kappa shape index (κ3) is 1.95. The lowest BCUT2D eigenvalue weighted by Gasteiger charge is -2.16. The molecule has 0 amide bonds. The summed E-state index contributed by atoms with van der Waals surface area (Å²) < 4.78 is 4.26. The Labute approximate surface area is 106 Å². The SMILES string of the molecule is CC(O)c1cccn1Cc1nnc2n1CCCC2. The van der Waals surface area contributed by atoms with Gasteiger partial charge in [-0.15, -0.1) is 10.2 Å². The van der Waals surface area contributed by atoms with E-state index in [0.717, 1.165) is 30.3 Å². The van der Waals surface area contributed by atoms with Crippen LogP contribution in [0.15, 0.2) is 18.3 Å². The molecule has 1 aliphatic heterocycles. The maximum atomic E-state index is 9.70. The van der Waals surface area contributed by atoms with Gasteiger partial charge in [0, 0.05) is 24.9 Å². The molecular weight excluding hydrogens is 228 g/mol. The fourth-order valence-corrected chi connectivity index (χ4v) is 2.59. The van der Waals surface area contributed by atoms with Crippen LogP contribution in [0.25, 0.3) is 0 Å². The summed E-state index contributed by atoms with van der Waals surface area (Å²) in [5.74, 6) is 2.09. The molecule has 3 heterocycles. The molecule has 0 bridgehead atoms. The van der Waals surface area contributed by atoms with E-state index in [0.29, 0.717) is 6.54 Å². The van der Waals surface area contributed by atoms with Gasteiger partial charge in [0.15, 0.2) is 5.82 Å². The van der Waals surface area contributed by atoms with Gasteiger partial charge in [-0.05, 0) is 31.9 Å². The molecular formula is C13H18N4O. The van der Waals surface area contributed by atoms with Gasteiger partial charge < -0.3 is 14.2 Å². The molecule has 0 aliphatic carbocycles. The van der Waals surface area contributed by atoms with Crippen LogP contribution >= 0.6 is 0 Å². The summed E-state index contributed by atoms with van der Waals surface area (Å²) in [7, 11) is 0. The number of aromatic nitrogens is 4. The largest absolute Gasteiger partial charge is 0.387 e. The highest BCUT2D eigenvalue weighted by Gasteiger charge is 2.17. The van der Waals surface area contributed by atoms with E-state index in [1.54, 1.807) is 6.92 Å². The minimum absolute atomic E-state index is 0.455. The Morgan fingerprint density at radius 2 is 2.28 bits per heavy atom. The lowest BCUT2D eigenvalue weighted by Crippen LogP contribution is -2.16. The first-order valence-electron chi connectivity index (χ1n) is 6.50. The number of hydrogen-bond acceptors (Lipinski definition) is 3. The van der Waals surface area contributed by atoms with E-state index in [4.69, 9.17) is 0 Å². The standard InChI is InChI=1S/C13H18N4O/c1-10(18)11-5-4-7-16(11)9-13-15-14-12-6-2-3-8-17(12)13/h4-5,7,10,18H,2-3,6,8-9H2,1H3. The van der Waals surface area contributed by atoms with Gasteiger partial charge >= 0.3 is 0 Å². The molecule has 5 heteroatoms. The Bertz CT molecular complexity index is 541. The lowest BCUT2D eigenvalue weighted by molar-refractivity contribution is 0.189. The van der Waals surface area contributed by atoms with Crippen molar-refractivity contribution in [2.45, 2.75) is 45.4 Å². The first-order chi connectivity index (χ1) is 8.75. The van der Waals surface area contributed by atoms with E-state index >= 15 is 0 Å². The van der Waals surface area contributed by atoms with Gasteiger partial charge in [0.05, 0.1) is 12.6 Å². The van der Waals surface area contributed by atoms with Gasteiger partial charge in [-0.3, -0.25) is 0 Å². The maximum absolute atomic E-state index is 9.70. The molecule has 2 aromatic rings. The Morgan fingerprint density at radius 1 is 1.39 bits per heavy atom. The van der Waals surface area contributed by atoms with E-state index in [-0.39, 0.29) is 0 Å². The third-order valence-electron chi connectivity index (χ3n) is 3.54. The van der Waals surface area contributed by atoms with Gasteiger partial charge in [0.2, 0.25) is 0 Å². The van der Waals surface area contributed by atoms with Crippen molar-refractivity contribution in [3.05, 3.63) is 35.7 Å². The van der Waals surface area contributed by atoms with Gasteiger partial charge in [-0.25, -0.2) is 0 Å². The second-order valence-corrected chi connectivity index (χ2v) is 4.88.